The third-order valence-corrected chi connectivity index (χ3v) is 8.83. The normalized spacial score (nSPS) is 13.4. The summed E-state index contributed by atoms with van der Waals surface area (Å²) >= 11 is 19.2. The summed E-state index contributed by atoms with van der Waals surface area (Å²) in [6, 6.07) is 14.2. The summed E-state index contributed by atoms with van der Waals surface area (Å²) in [5, 5.41) is 26.7. The van der Waals surface area contributed by atoms with Crippen molar-refractivity contribution < 1.29 is 29.3 Å². The van der Waals surface area contributed by atoms with E-state index < -0.39 is 18.6 Å². The number of benzene rings is 3. The fourth-order valence-electron chi connectivity index (χ4n) is 5.19. The molecule has 0 saturated carbocycles. The number of carbonyl (C=O) groups excluding carboxylic acids is 2. The largest absolute Gasteiger partial charge is 0.493 e. The molecule has 248 valence electrons. The minimum atomic E-state index is -1.07. The van der Waals surface area contributed by atoms with Gasteiger partial charge in [0, 0.05) is 68.6 Å². The van der Waals surface area contributed by atoms with Gasteiger partial charge < -0.3 is 29.9 Å². The summed E-state index contributed by atoms with van der Waals surface area (Å²) < 4.78 is 13.8. The van der Waals surface area contributed by atoms with Gasteiger partial charge in [-0.3, -0.25) is 14.3 Å². The van der Waals surface area contributed by atoms with Gasteiger partial charge in [0.2, 0.25) is 5.91 Å². The van der Waals surface area contributed by atoms with Crippen LogP contribution in [0.15, 0.2) is 60.9 Å². The van der Waals surface area contributed by atoms with Gasteiger partial charge in [0.15, 0.2) is 5.75 Å². The van der Waals surface area contributed by atoms with Gasteiger partial charge in [0.1, 0.15) is 5.75 Å². The second-order valence-corrected chi connectivity index (χ2v) is 12.3. The van der Waals surface area contributed by atoms with Crippen LogP contribution in [0.3, 0.4) is 0 Å². The highest BCUT2D eigenvalue weighted by Crippen LogP contribution is 2.40. The molecule has 13 heteroatoms. The van der Waals surface area contributed by atoms with Gasteiger partial charge in [-0.25, -0.2) is 0 Å². The molecule has 0 spiro atoms. The number of aliphatic hydroxyl groups is 2. The Morgan fingerprint density at radius 3 is 2.64 bits per heavy atom. The Hall–Kier alpha value is -3.80. The first-order valence-electron chi connectivity index (χ1n) is 15.2. The molecule has 0 fully saturated rings. The Balaban J connectivity index is 1.27. The molecule has 2 amide bonds. The van der Waals surface area contributed by atoms with Crippen molar-refractivity contribution in [3.05, 3.63) is 92.7 Å². The monoisotopic (exact) mass is 700 g/mol. The molecule has 0 radical (unpaired) electrons. The first kappa shape index (κ1) is 34.5. The van der Waals surface area contributed by atoms with E-state index in [-0.39, 0.29) is 34.6 Å². The molecular formula is C34H35Cl3N4O6. The van der Waals surface area contributed by atoms with E-state index in [2.05, 4.69) is 10.4 Å². The average molecular weight is 702 g/mol. The first-order valence-corrected chi connectivity index (χ1v) is 16.3. The summed E-state index contributed by atoms with van der Waals surface area (Å²) in [6.07, 6.45) is 4.03. The summed E-state index contributed by atoms with van der Waals surface area (Å²) in [5.74, 6) is 0.834. The maximum absolute atomic E-state index is 13.4. The average Bonchev–Trinajstić information content (AvgIpc) is 3.42. The van der Waals surface area contributed by atoms with Gasteiger partial charge in [-0.15, -0.1) is 0 Å². The van der Waals surface area contributed by atoms with Crippen LogP contribution in [0.4, 0.5) is 5.69 Å². The maximum Gasteiger partial charge on any atom is 0.251 e. The highest BCUT2D eigenvalue weighted by molar-refractivity contribution is 6.36. The van der Waals surface area contributed by atoms with Crippen LogP contribution in [-0.4, -0.2) is 70.8 Å². The number of amides is 2. The van der Waals surface area contributed by atoms with Crippen molar-refractivity contribution >= 4 is 52.3 Å². The number of anilines is 1. The highest BCUT2D eigenvalue weighted by Gasteiger charge is 2.25. The number of rotatable bonds is 12. The number of carbonyl (C=O) groups is 2. The van der Waals surface area contributed by atoms with E-state index in [4.69, 9.17) is 49.4 Å². The zero-order valence-corrected chi connectivity index (χ0v) is 28.0. The fraction of sp³-hybridized carbons (Fsp3) is 0.324. The molecule has 0 saturated heterocycles. The van der Waals surface area contributed by atoms with E-state index in [9.17, 15) is 14.7 Å². The van der Waals surface area contributed by atoms with Gasteiger partial charge in [0.05, 0.1) is 44.4 Å². The lowest BCUT2D eigenvalue weighted by Crippen LogP contribution is -2.33. The molecule has 2 heterocycles. The van der Waals surface area contributed by atoms with Crippen molar-refractivity contribution in [2.45, 2.75) is 38.8 Å². The van der Waals surface area contributed by atoms with Crippen molar-refractivity contribution in [2.75, 3.05) is 37.8 Å². The molecule has 1 aliphatic rings. The number of para-hydroxylation sites is 1. The van der Waals surface area contributed by atoms with E-state index >= 15 is 0 Å². The second kappa shape index (κ2) is 15.9. The number of aliphatic hydroxyl groups excluding tert-OH is 2. The fourth-order valence-corrected chi connectivity index (χ4v) is 5.96. The summed E-state index contributed by atoms with van der Waals surface area (Å²) in [7, 11) is 0. The smallest absolute Gasteiger partial charge is 0.251 e. The zero-order chi connectivity index (χ0) is 33.5. The van der Waals surface area contributed by atoms with Gasteiger partial charge in [-0.2, -0.15) is 5.10 Å². The minimum absolute atomic E-state index is 0.0120. The molecule has 4 aromatic rings. The van der Waals surface area contributed by atoms with Crippen LogP contribution in [0, 0.1) is 6.92 Å². The van der Waals surface area contributed by atoms with Crippen molar-refractivity contribution in [3.8, 4) is 22.6 Å². The molecule has 1 aromatic heterocycles. The van der Waals surface area contributed by atoms with Crippen LogP contribution >= 0.6 is 34.8 Å². The van der Waals surface area contributed by atoms with Crippen LogP contribution in [-0.2, 0) is 11.3 Å². The summed E-state index contributed by atoms with van der Waals surface area (Å²) in [4.78, 5) is 27.7. The van der Waals surface area contributed by atoms with E-state index in [1.165, 1.54) is 12.1 Å². The molecule has 1 atom stereocenters. The Morgan fingerprint density at radius 2 is 1.87 bits per heavy atom. The van der Waals surface area contributed by atoms with Gasteiger partial charge in [0.25, 0.3) is 5.91 Å². The number of hydrogen-bond donors (Lipinski definition) is 3. The molecule has 47 heavy (non-hydrogen) atoms. The number of nitrogens with zero attached hydrogens (tertiary/aromatic N) is 3. The molecule has 0 bridgehead atoms. The van der Waals surface area contributed by atoms with E-state index in [0.717, 1.165) is 16.7 Å². The number of nitrogens with one attached hydrogen (secondary N) is 1. The van der Waals surface area contributed by atoms with E-state index in [0.29, 0.717) is 66.8 Å². The molecule has 1 aliphatic heterocycles. The molecule has 10 nitrogen and oxygen atoms in total. The Morgan fingerprint density at radius 1 is 1.11 bits per heavy atom. The van der Waals surface area contributed by atoms with Gasteiger partial charge in [-0.05, 0) is 50.1 Å². The highest BCUT2D eigenvalue weighted by atomic mass is 35.5. The zero-order valence-electron chi connectivity index (χ0n) is 25.7. The molecule has 5 rings (SSSR count). The third-order valence-electron chi connectivity index (χ3n) is 7.75. The van der Waals surface area contributed by atoms with Crippen LogP contribution in [0.1, 0.15) is 40.7 Å². The second-order valence-electron chi connectivity index (χ2n) is 11.1. The lowest BCUT2D eigenvalue weighted by atomic mass is 10.1. The van der Waals surface area contributed by atoms with E-state index in [1.807, 2.05) is 49.5 Å². The van der Waals surface area contributed by atoms with Crippen LogP contribution in [0.25, 0.3) is 11.1 Å². The predicted octanol–water partition coefficient (Wildman–Crippen LogP) is 5.92. The molecular weight excluding hydrogens is 667 g/mol. The summed E-state index contributed by atoms with van der Waals surface area (Å²) in [5.41, 5.74) is 3.95. The Kier molecular flexibility index (Phi) is 11.7. The lowest BCUT2D eigenvalue weighted by molar-refractivity contribution is -0.118. The van der Waals surface area contributed by atoms with Gasteiger partial charge >= 0.3 is 0 Å². The topological polar surface area (TPSA) is 126 Å². The van der Waals surface area contributed by atoms with Gasteiger partial charge in [-0.1, -0.05) is 53.0 Å². The lowest BCUT2D eigenvalue weighted by Gasteiger charge is -2.23. The number of aromatic nitrogens is 2. The molecule has 3 aromatic carbocycles. The first-order chi connectivity index (χ1) is 22.7. The Labute approximate surface area is 287 Å². The van der Waals surface area contributed by atoms with Crippen molar-refractivity contribution in [1.29, 1.82) is 0 Å². The van der Waals surface area contributed by atoms with Crippen molar-refractivity contribution in [3.63, 3.8) is 0 Å². The van der Waals surface area contributed by atoms with Crippen LogP contribution in [0.2, 0.25) is 15.1 Å². The molecule has 1 unspecified atom stereocenters. The third kappa shape index (κ3) is 8.38. The van der Waals surface area contributed by atoms with E-state index in [1.54, 1.807) is 15.8 Å². The number of fused-ring (bicyclic) bond motifs is 1. The number of ether oxygens (including phenoxy) is 2. The SMILES string of the molecule is Cc1c(Cl)cccc1OCCCC(=O)N1CCCOc2c(-c3cnn(Cc4c(Cl)cc(C(=O)NCC(O)CO)cc4Cl)c3)cccc21. The van der Waals surface area contributed by atoms with Crippen molar-refractivity contribution in [1.82, 2.24) is 15.1 Å². The predicted molar refractivity (Wildman–Crippen MR) is 182 cm³/mol. The summed E-state index contributed by atoms with van der Waals surface area (Å²) in [6.45, 7) is 2.95. The number of halogens is 3. The molecule has 0 aliphatic carbocycles. The minimum Gasteiger partial charge on any atom is -0.493 e. The van der Waals surface area contributed by atoms with Crippen LogP contribution < -0.4 is 19.7 Å². The van der Waals surface area contributed by atoms with Crippen LogP contribution in [0.5, 0.6) is 11.5 Å². The van der Waals surface area contributed by atoms with Crippen molar-refractivity contribution in [2.24, 2.45) is 0 Å². The standard InChI is InChI=1S/C34H35Cl3N4O6/c1-21-27(35)7-3-9-31(21)46-12-4-10-32(44)41-11-5-13-47-33-25(6-2-8-30(33)41)23-16-39-40(18-23)19-26-28(36)14-22(15-29(26)37)34(45)38-17-24(43)20-42/h2-3,6-9,14-16,18,24,42-43H,4-5,10-13,17,19-20H2,1H3,(H,38,45). The molecule has 3 N–H and O–H groups in total. The Bertz CT molecular complexity index is 1720. The quantitative estimate of drug-likeness (QED) is 0.157. The maximum atomic E-state index is 13.4. The number of hydrogen-bond acceptors (Lipinski definition) is 7.